The molecule has 0 spiro atoms. The smallest absolute Gasteiger partial charge is 0.339 e. The molecule has 224 valence electrons. The van der Waals surface area contributed by atoms with E-state index in [-0.39, 0.29) is 54.6 Å². The summed E-state index contributed by atoms with van der Waals surface area (Å²) in [6, 6.07) is 9.50. The molecule has 0 radical (unpaired) electrons. The minimum atomic E-state index is -5.33. The van der Waals surface area contributed by atoms with Crippen LogP contribution in [0.1, 0.15) is 35.3 Å². The van der Waals surface area contributed by atoms with Gasteiger partial charge in [-0.3, -0.25) is 14.4 Å². The third kappa shape index (κ3) is 6.86. The van der Waals surface area contributed by atoms with Crippen LogP contribution in [0, 0.1) is 17.6 Å². The standard InChI is InChI=1S/C28H27F5N4O5/c1-16-17(2)25(39)34-37(42-27(41)28(31,32)33)23(16)14-19-6-7-22(30)21(13-19)26(40)36-11-10-35(24(38)15-36)9-8-18-4-3-5-20(29)12-18/h3-7,12-13,17H,8-11,14-15H2,1-2H3,(H,34,39). The zero-order valence-corrected chi connectivity index (χ0v) is 22.6. The second-order valence-corrected chi connectivity index (χ2v) is 9.98. The first-order valence-electron chi connectivity index (χ1n) is 12.9. The second-order valence-electron chi connectivity index (χ2n) is 9.98. The normalized spacial score (nSPS) is 17.9. The van der Waals surface area contributed by atoms with E-state index in [0.717, 1.165) is 6.07 Å². The molecule has 42 heavy (non-hydrogen) atoms. The Morgan fingerprint density at radius 3 is 2.45 bits per heavy atom. The molecule has 2 aliphatic rings. The van der Waals surface area contributed by atoms with Gasteiger partial charge >= 0.3 is 12.1 Å². The average molecular weight is 595 g/mol. The average Bonchev–Trinajstić information content (AvgIpc) is 2.93. The highest BCUT2D eigenvalue weighted by Crippen LogP contribution is 2.28. The van der Waals surface area contributed by atoms with Crippen molar-refractivity contribution in [2.45, 2.75) is 32.9 Å². The van der Waals surface area contributed by atoms with E-state index in [2.05, 4.69) is 10.3 Å². The molecular weight excluding hydrogens is 567 g/mol. The van der Waals surface area contributed by atoms with Gasteiger partial charge in [0.05, 0.1) is 17.2 Å². The van der Waals surface area contributed by atoms with Gasteiger partial charge in [-0.15, -0.1) is 5.17 Å². The maximum atomic E-state index is 14.8. The highest BCUT2D eigenvalue weighted by Gasteiger charge is 2.44. The quantitative estimate of drug-likeness (QED) is 0.494. The van der Waals surface area contributed by atoms with E-state index in [1.165, 1.54) is 47.9 Å². The van der Waals surface area contributed by atoms with Gasteiger partial charge in [0.25, 0.3) is 5.91 Å². The number of alkyl halides is 3. The summed E-state index contributed by atoms with van der Waals surface area (Å²) in [5.41, 5.74) is 2.99. The van der Waals surface area contributed by atoms with Crippen LogP contribution in [0.5, 0.6) is 0 Å². The van der Waals surface area contributed by atoms with Crippen molar-refractivity contribution in [1.29, 1.82) is 0 Å². The fraction of sp³-hybridized carbons (Fsp3) is 0.357. The van der Waals surface area contributed by atoms with Gasteiger partial charge in [-0.05, 0) is 61.2 Å². The van der Waals surface area contributed by atoms with E-state index < -0.39 is 35.7 Å². The summed E-state index contributed by atoms with van der Waals surface area (Å²) in [6.07, 6.45) is -5.14. The van der Waals surface area contributed by atoms with Crippen molar-refractivity contribution in [3.8, 4) is 0 Å². The van der Waals surface area contributed by atoms with Crippen LogP contribution in [0.25, 0.3) is 0 Å². The molecule has 0 aromatic heterocycles. The Morgan fingerprint density at radius 2 is 1.79 bits per heavy atom. The first kappa shape index (κ1) is 30.5. The molecule has 0 bridgehead atoms. The van der Waals surface area contributed by atoms with Crippen molar-refractivity contribution in [3.63, 3.8) is 0 Å². The van der Waals surface area contributed by atoms with Gasteiger partial charge < -0.3 is 14.6 Å². The van der Waals surface area contributed by atoms with E-state index in [9.17, 15) is 41.1 Å². The fourth-order valence-electron chi connectivity index (χ4n) is 4.58. The van der Waals surface area contributed by atoms with Gasteiger partial charge in [0, 0.05) is 26.1 Å². The number of hydrogen-bond acceptors (Lipinski definition) is 6. The first-order valence-corrected chi connectivity index (χ1v) is 12.9. The molecule has 4 rings (SSSR count). The van der Waals surface area contributed by atoms with Crippen molar-refractivity contribution in [1.82, 2.24) is 20.4 Å². The number of amides is 3. The van der Waals surface area contributed by atoms with Crippen molar-refractivity contribution in [2.75, 3.05) is 26.2 Å². The number of piperazine rings is 1. The molecule has 14 heteroatoms. The third-order valence-electron chi connectivity index (χ3n) is 7.16. The zero-order chi connectivity index (χ0) is 30.8. The molecular formula is C28H27F5N4O5. The number of benzene rings is 2. The SMILES string of the molecule is CC1=C(Cc2ccc(F)c(C(=O)N3CCN(CCc4cccc(F)c4)C(=O)C3)c2)N(OC(=O)C(F)(F)F)NC(=O)C1C. The van der Waals surface area contributed by atoms with Crippen LogP contribution in [0.4, 0.5) is 22.0 Å². The van der Waals surface area contributed by atoms with Crippen molar-refractivity contribution in [3.05, 3.63) is 82.1 Å². The van der Waals surface area contributed by atoms with Gasteiger partial charge in [0.1, 0.15) is 18.2 Å². The molecule has 2 aromatic carbocycles. The number of hydrogen-bond donors (Lipinski definition) is 1. The number of nitrogens with one attached hydrogen (secondary N) is 1. The van der Waals surface area contributed by atoms with E-state index >= 15 is 0 Å². The molecule has 0 aliphatic carbocycles. The maximum absolute atomic E-state index is 14.8. The van der Waals surface area contributed by atoms with E-state index in [1.54, 1.807) is 12.1 Å². The molecule has 2 aromatic rings. The second kappa shape index (κ2) is 12.2. The zero-order valence-electron chi connectivity index (χ0n) is 22.6. The van der Waals surface area contributed by atoms with Gasteiger partial charge in [-0.2, -0.15) is 13.2 Å². The van der Waals surface area contributed by atoms with E-state index in [0.29, 0.717) is 29.3 Å². The van der Waals surface area contributed by atoms with Gasteiger partial charge in [0.2, 0.25) is 11.8 Å². The van der Waals surface area contributed by atoms with Crippen LogP contribution in [0.15, 0.2) is 53.7 Å². The lowest BCUT2D eigenvalue weighted by molar-refractivity contribution is -0.242. The minimum absolute atomic E-state index is 0.00760. The number of rotatable bonds is 7. The molecule has 9 nitrogen and oxygen atoms in total. The number of hydrazine groups is 1. The predicted octanol–water partition coefficient (Wildman–Crippen LogP) is 3.31. The summed E-state index contributed by atoms with van der Waals surface area (Å²) in [6.45, 7) is 3.29. The Morgan fingerprint density at radius 1 is 1.05 bits per heavy atom. The fourth-order valence-corrected chi connectivity index (χ4v) is 4.58. The summed E-state index contributed by atoms with van der Waals surface area (Å²) in [5.74, 6) is -6.42. The Bertz CT molecular complexity index is 1440. The molecule has 2 aliphatic heterocycles. The number of halogens is 5. The summed E-state index contributed by atoms with van der Waals surface area (Å²) >= 11 is 0. The minimum Gasteiger partial charge on any atom is -0.339 e. The maximum Gasteiger partial charge on any atom is 0.493 e. The molecule has 1 atom stereocenters. The highest BCUT2D eigenvalue weighted by molar-refractivity contribution is 5.97. The van der Waals surface area contributed by atoms with Gasteiger partial charge in [0.15, 0.2) is 0 Å². The summed E-state index contributed by atoms with van der Waals surface area (Å²) < 4.78 is 66.7. The number of carbonyl (C=O) groups excluding carboxylic acids is 4. The van der Waals surface area contributed by atoms with Gasteiger partial charge in [-0.25, -0.2) is 19.0 Å². The van der Waals surface area contributed by atoms with Crippen LogP contribution in [0.2, 0.25) is 0 Å². The molecule has 3 amide bonds. The monoisotopic (exact) mass is 594 g/mol. The molecule has 2 heterocycles. The molecule has 1 unspecified atom stereocenters. The molecule has 1 N–H and O–H groups in total. The Kier molecular flexibility index (Phi) is 8.83. The van der Waals surface area contributed by atoms with Crippen molar-refractivity contribution in [2.24, 2.45) is 5.92 Å². The lowest BCUT2D eigenvalue weighted by Crippen LogP contribution is -2.52. The third-order valence-corrected chi connectivity index (χ3v) is 7.16. The lowest BCUT2D eigenvalue weighted by atomic mass is 9.94. The topological polar surface area (TPSA) is 99.3 Å². The molecule has 1 saturated heterocycles. The summed E-state index contributed by atoms with van der Waals surface area (Å²) in [5, 5.41) is 0.333. The van der Waals surface area contributed by atoms with E-state index in [1.807, 2.05) is 0 Å². The number of carbonyl (C=O) groups is 4. The Labute approximate surface area is 237 Å². The van der Waals surface area contributed by atoms with E-state index in [4.69, 9.17) is 0 Å². The van der Waals surface area contributed by atoms with Crippen LogP contribution in [-0.2, 0) is 32.1 Å². The van der Waals surface area contributed by atoms with Crippen LogP contribution >= 0.6 is 0 Å². The predicted molar refractivity (Wildman–Crippen MR) is 137 cm³/mol. The summed E-state index contributed by atoms with van der Waals surface area (Å²) in [7, 11) is 0. The summed E-state index contributed by atoms with van der Waals surface area (Å²) in [4.78, 5) is 56.7. The number of hydroxylamine groups is 1. The largest absolute Gasteiger partial charge is 0.493 e. The van der Waals surface area contributed by atoms with Crippen LogP contribution < -0.4 is 5.43 Å². The molecule has 0 saturated carbocycles. The molecule has 1 fully saturated rings. The van der Waals surface area contributed by atoms with Crippen LogP contribution in [-0.4, -0.2) is 71.0 Å². The van der Waals surface area contributed by atoms with Crippen molar-refractivity contribution < 1.29 is 46.0 Å². The Balaban J connectivity index is 1.47. The lowest BCUT2D eigenvalue weighted by Gasteiger charge is -2.35. The number of allylic oxidation sites excluding steroid dienone is 1. The van der Waals surface area contributed by atoms with Gasteiger partial charge in [-0.1, -0.05) is 18.2 Å². The number of nitrogens with zero attached hydrogens (tertiary/aromatic N) is 3. The Hall–Kier alpha value is -4.49. The van der Waals surface area contributed by atoms with Crippen LogP contribution in [0.3, 0.4) is 0 Å². The highest BCUT2D eigenvalue weighted by atomic mass is 19.4. The first-order chi connectivity index (χ1) is 19.7. The van der Waals surface area contributed by atoms with Crippen molar-refractivity contribution >= 4 is 23.7 Å².